The zero-order valence-electron chi connectivity index (χ0n) is 10.4. The summed E-state index contributed by atoms with van der Waals surface area (Å²) in [6, 6.07) is 5.97. The molecule has 0 amide bonds. The number of hydrogen-bond donors (Lipinski definition) is 2. The van der Waals surface area contributed by atoms with Crippen molar-refractivity contribution in [3.63, 3.8) is 0 Å². The summed E-state index contributed by atoms with van der Waals surface area (Å²) in [4.78, 5) is 4.46. The molecular weight excluding hydrogens is 266 g/mol. The maximum absolute atomic E-state index is 6.32. The topological polar surface area (TPSA) is 50.9 Å². The number of halogens is 1. The SMILES string of the molecule is Cc1nc(CC(NN)c2cccc(C)c2Cl)cs1. The molecule has 3 N–H and O–H groups in total. The molecule has 1 aromatic carbocycles. The maximum Gasteiger partial charge on any atom is 0.0897 e. The molecule has 0 saturated carbocycles. The number of nitrogens with one attached hydrogen (secondary N) is 1. The van der Waals surface area contributed by atoms with Gasteiger partial charge in [-0.25, -0.2) is 4.98 Å². The lowest BCUT2D eigenvalue weighted by Gasteiger charge is -2.17. The molecule has 0 aliphatic rings. The van der Waals surface area contributed by atoms with Gasteiger partial charge in [0.2, 0.25) is 0 Å². The predicted molar refractivity (Wildman–Crippen MR) is 76.8 cm³/mol. The van der Waals surface area contributed by atoms with Crippen molar-refractivity contribution in [1.82, 2.24) is 10.4 Å². The second kappa shape index (κ2) is 5.80. The van der Waals surface area contributed by atoms with E-state index in [1.165, 1.54) is 0 Å². The lowest BCUT2D eigenvalue weighted by molar-refractivity contribution is 0.547. The van der Waals surface area contributed by atoms with Crippen LogP contribution < -0.4 is 11.3 Å². The van der Waals surface area contributed by atoms with Gasteiger partial charge < -0.3 is 0 Å². The fourth-order valence-corrected chi connectivity index (χ4v) is 2.79. The van der Waals surface area contributed by atoms with E-state index in [9.17, 15) is 0 Å². The largest absolute Gasteiger partial charge is 0.271 e. The molecule has 0 fully saturated rings. The number of aromatic nitrogens is 1. The average Bonchev–Trinajstić information content (AvgIpc) is 2.76. The van der Waals surface area contributed by atoms with Crippen molar-refractivity contribution < 1.29 is 0 Å². The smallest absolute Gasteiger partial charge is 0.0897 e. The van der Waals surface area contributed by atoms with Crippen LogP contribution in [-0.4, -0.2) is 4.98 Å². The van der Waals surface area contributed by atoms with Crippen LogP contribution >= 0.6 is 22.9 Å². The Labute approximate surface area is 116 Å². The highest BCUT2D eigenvalue weighted by atomic mass is 35.5. The van der Waals surface area contributed by atoms with Gasteiger partial charge in [0.25, 0.3) is 0 Å². The number of aryl methyl sites for hydroxylation is 2. The molecule has 96 valence electrons. The summed E-state index contributed by atoms with van der Waals surface area (Å²) in [6.07, 6.45) is 0.740. The van der Waals surface area contributed by atoms with Crippen molar-refractivity contribution in [2.75, 3.05) is 0 Å². The summed E-state index contributed by atoms with van der Waals surface area (Å²) in [7, 11) is 0. The highest BCUT2D eigenvalue weighted by Crippen LogP contribution is 2.28. The number of benzene rings is 1. The zero-order valence-corrected chi connectivity index (χ0v) is 12.0. The normalized spacial score (nSPS) is 12.7. The average molecular weight is 282 g/mol. The Hall–Kier alpha value is -0.940. The molecule has 0 aliphatic heterocycles. The van der Waals surface area contributed by atoms with E-state index in [1.54, 1.807) is 11.3 Å². The Bertz CT molecular complexity index is 539. The van der Waals surface area contributed by atoms with Crippen LogP contribution in [0.2, 0.25) is 5.02 Å². The molecule has 0 bridgehead atoms. The van der Waals surface area contributed by atoms with Crippen molar-refractivity contribution in [2.45, 2.75) is 26.3 Å². The molecule has 1 aromatic heterocycles. The van der Waals surface area contributed by atoms with E-state index in [-0.39, 0.29) is 6.04 Å². The molecule has 18 heavy (non-hydrogen) atoms. The predicted octanol–water partition coefficient (Wildman–Crippen LogP) is 3.16. The second-order valence-corrected chi connectivity index (χ2v) is 5.70. The number of hydrazine groups is 1. The molecule has 2 rings (SSSR count). The molecule has 0 spiro atoms. The molecule has 2 aromatic rings. The summed E-state index contributed by atoms with van der Waals surface area (Å²) in [5, 5.41) is 3.90. The number of nitrogens with zero attached hydrogens (tertiary/aromatic N) is 1. The Morgan fingerprint density at radius 1 is 1.44 bits per heavy atom. The highest BCUT2D eigenvalue weighted by Gasteiger charge is 2.16. The van der Waals surface area contributed by atoms with Gasteiger partial charge in [-0.05, 0) is 25.0 Å². The number of rotatable bonds is 4. The van der Waals surface area contributed by atoms with E-state index in [0.717, 1.165) is 33.3 Å². The monoisotopic (exact) mass is 281 g/mol. The Balaban J connectivity index is 2.25. The van der Waals surface area contributed by atoms with Crippen LogP contribution in [0.1, 0.15) is 27.9 Å². The van der Waals surface area contributed by atoms with Crippen molar-refractivity contribution in [3.8, 4) is 0 Å². The van der Waals surface area contributed by atoms with Gasteiger partial charge in [0, 0.05) is 16.8 Å². The van der Waals surface area contributed by atoms with Crippen LogP contribution in [-0.2, 0) is 6.42 Å². The van der Waals surface area contributed by atoms with Gasteiger partial charge in [-0.1, -0.05) is 29.8 Å². The second-order valence-electron chi connectivity index (χ2n) is 4.26. The first-order chi connectivity index (χ1) is 8.61. The molecule has 0 saturated heterocycles. The van der Waals surface area contributed by atoms with Crippen LogP contribution in [0.15, 0.2) is 23.6 Å². The fourth-order valence-electron chi connectivity index (χ4n) is 1.91. The number of hydrogen-bond acceptors (Lipinski definition) is 4. The first-order valence-corrected chi connectivity index (χ1v) is 6.99. The summed E-state index contributed by atoms with van der Waals surface area (Å²) < 4.78 is 0. The third kappa shape index (κ3) is 2.90. The first kappa shape index (κ1) is 13.5. The Kier molecular flexibility index (Phi) is 4.35. The maximum atomic E-state index is 6.32. The molecule has 0 aliphatic carbocycles. The van der Waals surface area contributed by atoms with E-state index >= 15 is 0 Å². The molecule has 0 radical (unpaired) electrons. The lowest BCUT2D eigenvalue weighted by Crippen LogP contribution is -2.30. The first-order valence-electron chi connectivity index (χ1n) is 5.74. The quantitative estimate of drug-likeness (QED) is 0.669. The van der Waals surface area contributed by atoms with Crippen molar-refractivity contribution >= 4 is 22.9 Å². The van der Waals surface area contributed by atoms with Gasteiger partial charge in [0.05, 0.1) is 16.7 Å². The Morgan fingerprint density at radius 3 is 2.83 bits per heavy atom. The van der Waals surface area contributed by atoms with Gasteiger partial charge in [-0.15, -0.1) is 11.3 Å². The van der Waals surface area contributed by atoms with Crippen molar-refractivity contribution in [2.24, 2.45) is 5.84 Å². The number of thiazole rings is 1. The molecule has 1 heterocycles. The van der Waals surface area contributed by atoms with Crippen LogP contribution in [0.5, 0.6) is 0 Å². The van der Waals surface area contributed by atoms with E-state index in [4.69, 9.17) is 17.4 Å². The number of nitrogens with two attached hydrogens (primary N) is 1. The molecule has 1 unspecified atom stereocenters. The van der Waals surface area contributed by atoms with Gasteiger partial charge in [0.1, 0.15) is 0 Å². The molecule has 1 atom stereocenters. The van der Waals surface area contributed by atoms with E-state index in [1.807, 2.05) is 32.0 Å². The minimum Gasteiger partial charge on any atom is -0.271 e. The lowest BCUT2D eigenvalue weighted by atomic mass is 10.0. The minimum atomic E-state index is -0.0149. The third-order valence-corrected chi connectivity index (χ3v) is 4.22. The van der Waals surface area contributed by atoms with Crippen LogP contribution in [0.4, 0.5) is 0 Å². The molecule has 3 nitrogen and oxygen atoms in total. The van der Waals surface area contributed by atoms with E-state index in [0.29, 0.717) is 0 Å². The standard InChI is InChI=1S/C13H16ClN3S/c1-8-4-3-5-11(13(8)14)12(17-15)6-10-7-18-9(2)16-10/h3-5,7,12,17H,6,15H2,1-2H3. The van der Waals surface area contributed by atoms with Gasteiger partial charge >= 0.3 is 0 Å². The van der Waals surface area contributed by atoms with Crippen LogP contribution in [0, 0.1) is 13.8 Å². The molecular formula is C13H16ClN3S. The van der Waals surface area contributed by atoms with Gasteiger partial charge in [-0.3, -0.25) is 11.3 Å². The third-order valence-electron chi connectivity index (χ3n) is 2.88. The van der Waals surface area contributed by atoms with E-state index < -0.39 is 0 Å². The minimum absolute atomic E-state index is 0.0149. The molecule has 5 heteroatoms. The van der Waals surface area contributed by atoms with Crippen molar-refractivity contribution in [1.29, 1.82) is 0 Å². The van der Waals surface area contributed by atoms with Crippen molar-refractivity contribution in [3.05, 3.63) is 50.4 Å². The fraction of sp³-hybridized carbons (Fsp3) is 0.308. The summed E-state index contributed by atoms with van der Waals surface area (Å²) in [6.45, 7) is 3.99. The van der Waals surface area contributed by atoms with Crippen LogP contribution in [0.3, 0.4) is 0 Å². The van der Waals surface area contributed by atoms with Crippen LogP contribution in [0.25, 0.3) is 0 Å². The highest BCUT2D eigenvalue weighted by molar-refractivity contribution is 7.09. The zero-order chi connectivity index (χ0) is 13.1. The summed E-state index contributed by atoms with van der Waals surface area (Å²) >= 11 is 7.97. The van der Waals surface area contributed by atoms with E-state index in [2.05, 4.69) is 15.8 Å². The van der Waals surface area contributed by atoms with Gasteiger partial charge in [0.15, 0.2) is 0 Å². The van der Waals surface area contributed by atoms with Gasteiger partial charge in [-0.2, -0.15) is 0 Å². The Morgan fingerprint density at radius 2 is 2.22 bits per heavy atom. The summed E-state index contributed by atoms with van der Waals surface area (Å²) in [5.41, 5.74) is 5.94. The summed E-state index contributed by atoms with van der Waals surface area (Å²) in [5.74, 6) is 5.65.